The summed E-state index contributed by atoms with van der Waals surface area (Å²) in [6.45, 7) is 0. The number of amides is 1. The van der Waals surface area contributed by atoms with Gasteiger partial charge in [-0.3, -0.25) is 4.79 Å². The van der Waals surface area contributed by atoms with Crippen LogP contribution < -0.4 is 14.8 Å². The number of carbonyl (C=O) groups excluding carboxylic acids is 1. The van der Waals surface area contributed by atoms with E-state index in [0.717, 1.165) is 11.3 Å². The molecule has 1 aliphatic rings. The lowest BCUT2D eigenvalue weighted by Gasteiger charge is -2.05. The highest BCUT2D eigenvalue weighted by Crippen LogP contribution is 2.42. The van der Waals surface area contributed by atoms with Crippen LogP contribution in [0.25, 0.3) is 0 Å². The minimum atomic E-state index is -3.67. The number of benzene rings is 1. The van der Waals surface area contributed by atoms with Crippen LogP contribution in [0.3, 0.4) is 0 Å². The molecule has 1 aromatic carbocycles. The van der Waals surface area contributed by atoms with Gasteiger partial charge in [-0.15, -0.1) is 20.1 Å². The summed E-state index contributed by atoms with van der Waals surface area (Å²) >= 11 is 6.85. The molecule has 0 radical (unpaired) electrons. The first kappa shape index (κ1) is 13.1. The highest BCUT2D eigenvalue weighted by molar-refractivity contribution is 7.18. The van der Waals surface area contributed by atoms with Gasteiger partial charge in [-0.1, -0.05) is 11.6 Å². The van der Waals surface area contributed by atoms with E-state index in [9.17, 15) is 13.6 Å². The van der Waals surface area contributed by atoms with Gasteiger partial charge in [0.25, 0.3) is 5.91 Å². The summed E-state index contributed by atoms with van der Waals surface area (Å²) in [5.74, 6) is -0.586. The van der Waals surface area contributed by atoms with Gasteiger partial charge < -0.3 is 14.8 Å². The molecule has 0 fully saturated rings. The monoisotopic (exact) mass is 317 g/mol. The third kappa shape index (κ3) is 2.54. The second kappa shape index (κ2) is 4.60. The lowest BCUT2D eigenvalue weighted by atomic mass is 10.2. The molecule has 0 unspecified atom stereocenters. The molecule has 0 bridgehead atoms. The Morgan fingerprint density at radius 2 is 1.95 bits per heavy atom. The molecule has 4 nitrogen and oxygen atoms in total. The van der Waals surface area contributed by atoms with Crippen LogP contribution in [0.2, 0.25) is 4.34 Å². The van der Waals surface area contributed by atoms with Crippen LogP contribution in [0.5, 0.6) is 11.5 Å². The summed E-state index contributed by atoms with van der Waals surface area (Å²) in [5, 5.41) is 2.56. The van der Waals surface area contributed by atoms with E-state index in [4.69, 9.17) is 11.6 Å². The van der Waals surface area contributed by atoms with E-state index in [1.807, 2.05) is 0 Å². The number of hydrogen-bond acceptors (Lipinski definition) is 4. The Morgan fingerprint density at radius 1 is 1.20 bits per heavy atom. The van der Waals surface area contributed by atoms with Crippen molar-refractivity contribution in [1.29, 1.82) is 0 Å². The number of hydrogen-bond donors (Lipinski definition) is 1. The van der Waals surface area contributed by atoms with E-state index >= 15 is 0 Å². The summed E-state index contributed by atoms with van der Waals surface area (Å²) in [4.78, 5) is 12.3. The number of alkyl halides is 2. The van der Waals surface area contributed by atoms with Crippen LogP contribution in [-0.2, 0) is 0 Å². The maximum absolute atomic E-state index is 12.9. The molecule has 1 amide bonds. The standard InChI is InChI=1S/C12H6ClF2NO3S/c13-10-4-3-9(20-10)11(17)16-6-1-2-7-8(5-6)19-12(14,15)18-7/h1-5H,(H,16,17). The summed E-state index contributed by atoms with van der Waals surface area (Å²) in [6.07, 6.45) is -3.67. The Morgan fingerprint density at radius 3 is 2.65 bits per heavy atom. The average Bonchev–Trinajstić information content (AvgIpc) is 2.90. The molecule has 0 spiro atoms. The molecule has 0 saturated carbocycles. The second-order valence-electron chi connectivity index (χ2n) is 3.89. The van der Waals surface area contributed by atoms with Crippen molar-refractivity contribution in [2.75, 3.05) is 5.32 Å². The van der Waals surface area contributed by atoms with Crippen molar-refractivity contribution in [3.8, 4) is 11.5 Å². The molecule has 8 heteroatoms. The molecule has 1 N–H and O–H groups in total. The number of halogens is 3. The third-order valence-corrected chi connectivity index (χ3v) is 3.69. The normalized spacial score (nSPS) is 15.2. The van der Waals surface area contributed by atoms with Gasteiger partial charge in [0.15, 0.2) is 11.5 Å². The number of fused-ring (bicyclic) bond motifs is 1. The van der Waals surface area contributed by atoms with Crippen LogP contribution in [-0.4, -0.2) is 12.2 Å². The zero-order valence-corrected chi connectivity index (χ0v) is 11.2. The van der Waals surface area contributed by atoms with Gasteiger partial charge in [0.2, 0.25) is 0 Å². The average molecular weight is 318 g/mol. The number of ether oxygens (including phenoxy) is 2. The Kier molecular flexibility index (Phi) is 3.02. The van der Waals surface area contributed by atoms with Gasteiger partial charge in [-0.25, -0.2) is 0 Å². The fourth-order valence-corrected chi connectivity index (χ4v) is 2.59. The largest absolute Gasteiger partial charge is 0.586 e. The number of rotatable bonds is 2. The third-order valence-electron chi connectivity index (χ3n) is 2.46. The SMILES string of the molecule is O=C(Nc1ccc2c(c1)OC(F)(F)O2)c1ccc(Cl)s1. The van der Waals surface area contributed by atoms with Crippen LogP contribution in [0.4, 0.5) is 14.5 Å². The van der Waals surface area contributed by atoms with Gasteiger partial charge >= 0.3 is 6.29 Å². The molecule has 104 valence electrons. The maximum atomic E-state index is 12.9. The Bertz CT molecular complexity index is 689. The van der Waals surface area contributed by atoms with E-state index < -0.39 is 6.29 Å². The predicted molar refractivity (Wildman–Crippen MR) is 69.9 cm³/mol. The highest BCUT2D eigenvalue weighted by Gasteiger charge is 2.43. The van der Waals surface area contributed by atoms with Gasteiger partial charge in [-0.05, 0) is 24.3 Å². The van der Waals surface area contributed by atoms with Crippen molar-refractivity contribution in [3.05, 3.63) is 39.5 Å². The zero-order chi connectivity index (χ0) is 14.3. The van der Waals surface area contributed by atoms with Gasteiger partial charge in [0, 0.05) is 11.8 Å². The molecular weight excluding hydrogens is 312 g/mol. The molecule has 1 aliphatic heterocycles. The second-order valence-corrected chi connectivity index (χ2v) is 5.60. The van der Waals surface area contributed by atoms with Crippen molar-refractivity contribution in [3.63, 3.8) is 0 Å². The van der Waals surface area contributed by atoms with Crippen LogP contribution in [0.15, 0.2) is 30.3 Å². The fraction of sp³-hybridized carbons (Fsp3) is 0.0833. The molecule has 0 atom stereocenters. The summed E-state index contributed by atoms with van der Waals surface area (Å²) in [6, 6.07) is 7.18. The molecule has 0 aliphatic carbocycles. The van der Waals surface area contributed by atoms with Gasteiger partial charge in [0.1, 0.15) is 0 Å². The molecule has 2 aromatic rings. The molecule has 3 rings (SSSR count). The van der Waals surface area contributed by atoms with Crippen molar-refractivity contribution in [2.45, 2.75) is 6.29 Å². The minimum absolute atomic E-state index is 0.0767. The predicted octanol–water partition coefficient (Wildman–Crippen LogP) is 3.98. The van der Waals surface area contributed by atoms with E-state index in [2.05, 4.69) is 14.8 Å². The lowest BCUT2D eigenvalue weighted by molar-refractivity contribution is -0.286. The smallest absolute Gasteiger partial charge is 0.395 e. The number of carbonyl (C=O) groups is 1. The van der Waals surface area contributed by atoms with Crippen molar-refractivity contribution in [2.24, 2.45) is 0 Å². The highest BCUT2D eigenvalue weighted by atomic mass is 35.5. The van der Waals surface area contributed by atoms with Gasteiger partial charge in [0.05, 0.1) is 9.21 Å². The Balaban J connectivity index is 1.78. The maximum Gasteiger partial charge on any atom is 0.586 e. The summed E-state index contributed by atoms with van der Waals surface area (Å²) < 4.78 is 34.8. The summed E-state index contributed by atoms with van der Waals surface area (Å²) in [7, 11) is 0. The van der Waals surface area contributed by atoms with Crippen LogP contribution in [0, 0.1) is 0 Å². The molecule has 1 aromatic heterocycles. The minimum Gasteiger partial charge on any atom is -0.395 e. The topological polar surface area (TPSA) is 47.6 Å². The van der Waals surface area contributed by atoms with Crippen LogP contribution in [0.1, 0.15) is 9.67 Å². The van der Waals surface area contributed by atoms with E-state index in [-0.39, 0.29) is 17.4 Å². The van der Waals surface area contributed by atoms with E-state index in [1.54, 1.807) is 12.1 Å². The number of nitrogens with one attached hydrogen (secondary N) is 1. The summed E-state index contributed by atoms with van der Waals surface area (Å²) in [5.41, 5.74) is 0.319. The molecule has 20 heavy (non-hydrogen) atoms. The number of thiophene rings is 1. The van der Waals surface area contributed by atoms with Gasteiger partial charge in [-0.2, -0.15) is 0 Å². The first-order chi connectivity index (χ1) is 9.43. The fourth-order valence-electron chi connectivity index (χ4n) is 1.66. The molecular formula is C12H6ClF2NO3S. The first-order valence-corrected chi connectivity index (χ1v) is 6.59. The van der Waals surface area contributed by atoms with Crippen molar-refractivity contribution >= 4 is 34.5 Å². The quantitative estimate of drug-likeness (QED) is 0.911. The first-order valence-electron chi connectivity index (χ1n) is 5.39. The van der Waals surface area contributed by atoms with Crippen molar-refractivity contribution < 1.29 is 23.0 Å². The Labute approximate surface area is 120 Å². The molecule has 0 saturated heterocycles. The van der Waals surface area contributed by atoms with E-state index in [0.29, 0.717) is 14.9 Å². The lowest BCUT2D eigenvalue weighted by Crippen LogP contribution is -2.25. The van der Waals surface area contributed by atoms with E-state index in [1.165, 1.54) is 18.2 Å². The molecule has 2 heterocycles. The number of anilines is 1. The Hall–Kier alpha value is -1.86. The zero-order valence-electron chi connectivity index (χ0n) is 9.65. The van der Waals surface area contributed by atoms with Crippen molar-refractivity contribution in [1.82, 2.24) is 0 Å². The van der Waals surface area contributed by atoms with Crippen LogP contribution >= 0.6 is 22.9 Å².